The first-order valence-electron chi connectivity index (χ1n) is 6.46. The van der Waals surface area contributed by atoms with E-state index in [9.17, 15) is 4.79 Å². The first-order chi connectivity index (χ1) is 8.74. The van der Waals surface area contributed by atoms with Crippen molar-refractivity contribution in [3.05, 3.63) is 34.9 Å². The van der Waals surface area contributed by atoms with Gasteiger partial charge in [0, 0.05) is 18.0 Å². The molecule has 0 spiro atoms. The maximum atomic E-state index is 11.7. The van der Waals surface area contributed by atoms with Crippen LogP contribution in [-0.4, -0.2) is 19.0 Å². The Labute approximate surface area is 125 Å². The standard InChI is InChI=1S/C14H19ClN2O.ClH/c15-13-4-1-11(2-5-13)10-17-14(18)6-3-12-7-8-16-9-12;/h1-2,4-5,12,16H,3,6-10H2,(H,17,18);1H. The zero-order valence-corrected chi connectivity index (χ0v) is 12.4. The fourth-order valence-corrected chi connectivity index (χ4v) is 2.31. The van der Waals surface area contributed by atoms with E-state index in [4.69, 9.17) is 11.6 Å². The minimum Gasteiger partial charge on any atom is -0.352 e. The number of hydrogen-bond acceptors (Lipinski definition) is 2. The van der Waals surface area contributed by atoms with E-state index in [-0.39, 0.29) is 18.3 Å². The molecule has 1 aromatic carbocycles. The minimum absolute atomic E-state index is 0. The fourth-order valence-electron chi connectivity index (χ4n) is 2.19. The van der Waals surface area contributed by atoms with Crippen LogP contribution in [0.1, 0.15) is 24.8 Å². The summed E-state index contributed by atoms with van der Waals surface area (Å²) >= 11 is 5.80. The number of halogens is 2. The van der Waals surface area contributed by atoms with E-state index in [0.29, 0.717) is 18.9 Å². The number of hydrogen-bond donors (Lipinski definition) is 2. The first-order valence-corrected chi connectivity index (χ1v) is 6.83. The molecule has 3 nitrogen and oxygen atoms in total. The Morgan fingerprint density at radius 2 is 2.11 bits per heavy atom. The average Bonchev–Trinajstić information content (AvgIpc) is 2.89. The Balaban J connectivity index is 0.00000180. The van der Waals surface area contributed by atoms with Gasteiger partial charge in [-0.1, -0.05) is 23.7 Å². The van der Waals surface area contributed by atoms with Gasteiger partial charge in [0.25, 0.3) is 0 Å². The zero-order chi connectivity index (χ0) is 12.8. The number of benzene rings is 1. The van der Waals surface area contributed by atoms with E-state index >= 15 is 0 Å². The molecule has 2 N–H and O–H groups in total. The van der Waals surface area contributed by atoms with E-state index in [1.54, 1.807) is 0 Å². The normalized spacial score (nSPS) is 17.8. The van der Waals surface area contributed by atoms with Gasteiger partial charge in [0.05, 0.1) is 0 Å². The SMILES string of the molecule is Cl.O=C(CCC1CCNC1)NCc1ccc(Cl)cc1. The molecule has 1 atom stereocenters. The van der Waals surface area contributed by atoms with Gasteiger partial charge in [-0.05, 0) is 49.5 Å². The van der Waals surface area contributed by atoms with Crippen molar-refractivity contribution >= 4 is 29.9 Å². The summed E-state index contributed by atoms with van der Waals surface area (Å²) in [6, 6.07) is 7.55. The van der Waals surface area contributed by atoms with Gasteiger partial charge in [-0.25, -0.2) is 0 Å². The van der Waals surface area contributed by atoms with E-state index in [0.717, 1.165) is 30.1 Å². The van der Waals surface area contributed by atoms with Crippen LogP contribution in [0.4, 0.5) is 0 Å². The minimum atomic E-state index is 0. The predicted molar refractivity (Wildman–Crippen MR) is 80.8 cm³/mol. The molecule has 5 heteroatoms. The Bertz CT molecular complexity index is 389. The largest absolute Gasteiger partial charge is 0.352 e. The van der Waals surface area contributed by atoms with Gasteiger partial charge in [-0.15, -0.1) is 12.4 Å². The predicted octanol–water partition coefficient (Wildman–Crippen LogP) is 2.77. The summed E-state index contributed by atoms with van der Waals surface area (Å²) in [6.07, 6.45) is 2.81. The van der Waals surface area contributed by atoms with Crippen LogP contribution in [-0.2, 0) is 11.3 Å². The highest BCUT2D eigenvalue weighted by molar-refractivity contribution is 6.30. The summed E-state index contributed by atoms with van der Waals surface area (Å²) in [6.45, 7) is 2.74. The molecule has 0 radical (unpaired) electrons. The Morgan fingerprint density at radius 1 is 1.37 bits per heavy atom. The summed E-state index contributed by atoms with van der Waals surface area (Å²) < 4.78 is 0. The third kappa shape index (κ3) is 5.81. The summed E-state index contributed by atoms with van der Waals surface area (Å²) in [5, 5.41) is 6.98. The first kappa shape index (κ1) is 16.3. The fraction of sp³-hybridized carbons (Fsp3) is 0.500. The molecule has 0 bridgehead atoms. The van der Waals surface area contributed by atoms with Crippen molar-refractivity contribution in [3.8, 4) is 0 Å². The summed E-state index contributed by atoms with van der Waals surface area (Å²) in [5.41, 5.74) is 1.08. The molecule has 106 valence electrons. The van der Waals surface area contributed by atoms with Crippen LogP contribution in [0.2, 0.25) is 5.02 Å². The highest BCUT2D eigenvalue weighted by atomic mass is 35.5. The molecule has 2 rings (SSSR count). The molecular weight excluding hydrogens is 283 g/mol. The van der Waals surface area contributed by atoms with Crippen molar-refractivity contribution in [2.24, 2.45) is 5.92 Å². The molecule has 0 aromatic heterocycles. The van der Waals surface area contributed by atoms with Crippen molar-refractivity contribution in [1.29, 1.82) is 0 Å². The molecule has 1 fully saturated rings. The van der Waals surface area contributed by atoms with Crippen LogP contribution in [0, 0.1) is 5.92 Å². The average molecular weight is 303 g/mol. The lowest BCUT2D eigenvalue weighted by atomic mass is 10.0. The third-order valence-corrected chi connectivity index (χ3v) is 3.60. The Hall–Kier alpha value is -0.770. The zero-order valence-electron chi connectivity index (χ0n) is 10.8. The van der Waals surface area contributed by atoms with Gasteiger partial charge in [-0.3, -0.25) is 4.79 Å². The van der Waals surface area contributed by atoms with Crippen LogP contribution < -0.4 is 10.6 Å². The molecule has 0 saturated carbocycles. The Kier molecular flexibility index (Phi) is 7.21. The number of amides is 1. The van der Waals surface area contributed by atoms with E-state index in [2.05, 4.69) is 10.6 Å². The number of carbonyl (C=O) groups is 1. The van der Waals surface area contributed by atoms with Crippen LogP contribution >= 0.6 is 24.0 Å². The van der Waals surface area contributed by atoms with E-state index in [1.807, 2.05) is 24.3 Å². The van der Waals surface area contributed by atoms with Crippen LogP contribution in [0.15, 0.2) is 24.3 Å². The summed E-state index contributed by atoms with van der Waals surface area (Å²) in [7, 11) is 0. The maximum Gasteiger partial charge on any atom is 0.220 e. The molecular formula is C14H20Cl2N2O. The summed E-state index contributed by atoms with van der Waals surface area (Å²) in [4.78, 5) is 11.7. The van der Waals surface area contributed by atoms with Crippen molar-refractivity contribution in [1.82, 2.24) is 10.6 Å². The molecule has 1 unspecified atom stereocenters. The van der Waals surface area contributed by atoms with Crippen molar-refractivity contribution < 1.29 is 4.79 Å². The number of nitrogens with one attached hydrogen (secondary N) is 2. The topological polar surface area (TPSA) is 41.1 Å². The number of rotatable bonds is 5. The molecule has 1 amide bonds. The smallest absolute Gasteiger partial charge is 0.220 e. The lowest BCUT2D eigenvalue weighted by molar-refractivity contribution is -0.121. The molecule has 1 aliphatic rings. The van der Waals surface area contributed by atoms with Gasteiger partial charge in [0.1, 0.15) is 0 Å². The molecule has 1 saturated heterocycles. The molecule has 1 aliphatic heterocycles. The van der Waals surface area contributed by atoms with Gasteiger partial charge in [-0.2, -0.15) is 0 Å². The molecule has 1 heterocycles. The Morgan fingerprint density at radius 3 is 2.74 bits per heavy atom. The third-order valence-electron chi connectivity index (χ3n) is 3.34. The van der Waals surface area contributed by atoms with Crippen LogP contribution in [0.3, 0.4) is 0 Å². The second-order valence-corrected chi connectivity index (χ2v) is 5.24. The van der Waals surface area contributed by atoms with E-state index < -0.39 is 0 Å². The van der Waals surface area contributed by atoms with Crippen molar-refractivity contribution in [2.75, 3.05) is 13.1 Å². The lowest BCUT2D eigenvalue weighted by Crippen LogP contribution is -2.23. The van der Waals surface area contributed by atoms with Crippen molar-refractivity contribution in [3.63, 3.8) is 0 Å². The second kappa shape index (κ2) is 8.41. The van der Waals surface area contributed by atoms with Gasteiger partial charge in [0.2, 0.25) is 5.91 Å². The quantitative estimate of drug-likeness (QED) is 0.878. The highest BCUT2D eigenvalue weighted by Gasteiger charge is 2.15. The van der Waals surface area contributed by atoms with Gasteiger partial charge in [0.15, 0.2) is 0 Å². The van der Waals surface area contributed by atoms with Crippen molar-refractivity contribution in [2.45, 2.75) is 25.8 Å². The summed E-state index contributed by atoms with van der Waals surface area (Å²) in [5.74, 6) is 0.808. The molecule has 1 aromatic rings. The van der Waals surface area contributed by atoms with Gasteiger partial charge >= 0.3 is 0 Å². The number of carbonyl (C=O) groups excluding carboxylic acids is 1. The second-order valence-electron chi connectivity index (χ2n) is 4.80. The van der Waals surface area contributed by atoms with Crippen LogP contribution in [0.25, 0.3) is 0 Å². The van der Waals surface area contributed by atoms with E-state index in [1.165, 1.54) is 6.42 Å². The monoisotopic (exact) mass is 302 g/mol. The van der Waals surface area contributed by atoms with Gasteiger partial charge < -0.3 is 10.6 Å². The molecule has 0 aliphatic carbocycles. The maximum absolute atomic E-state index is 11.7. The van der Waals surface area contributed by atoms with Crippen LogP contribution in [0.5, 0.6) is 0 Å². The molecule has 19 heavy (non-hydrogen) atoms. The lowest BCUT2D eigenvalue weighted by Gasteiger charge is -2.08. The highest BCUT2D eigenvalue weighted by Crippen LogP contribution is 2.14.